The smallest absolute Gasteiger partial charge is 0.226 e. The van der Waals surface area contributed by atoms with E-state index in [-0.39, 0.29) is 5.91 Å². The van der Waals surface area contributed by atoms with Crippen molar-refractivity contribution in [3.05, 3.63) is 62.6 Å². The molecule has 0 aliphatic carbocycles. The first kappa shape index (κ1) is 18.9. The van der Waals surface area contributed by atoms with E-state index in [2.05, 4.69) is 31.4 Å². The third kappa shape index (κ3) is 4.47. The van der Waals surface area contributed by atoms with Crippen LogP contribution in [0, 0.1) is 6.92 Å². The van der Waals surface area contributed by atoms with E-state index in [1.807, 2.05) is 6.92 Å². The number of rotatable bonds is 6. The number of amides is 1. The Morgan fingerprint density at radius 1 is 1.23 bits per heavy atom. The number of hydrogen-bond acceptors (Lipinski definition) is 3. The lowest BCUT2D eigenvalue weighted by Crippen LogP contribution is -2.15. The Morgan fingerprint density at radius 3 is 2.62 bits per heavy atom. The molecule has 1 aromatic carbocycles. The standard InChI is InChI=1S/C17H16BrCl2N5O/c1-11-14(18)8-22-25(11)6-5-17(26)23-12-7-21-24(9-12)10-13-15(19)3-2-4-16(13)20/h2-4,7-9H,5-6,10H2,1H3,(H,23,26). The summed E-state index contributed by atoms with van der Waals surface area (Å²) in [7, 11) is 0. The summed E-state index contributed by atoms with van der Waals surface area (Å²) >= 11 is 15.8. The number of carbonyl (C=O) groups is 1. The summed E-state index contributed by atoms with van der Waals surface area (Å²) in [6.07, 6.45) is 5.37. The normalized spacial score (nSPS) is 10.9. The SMILES string of the molecule is Cc1c(Br)cnn1CCC(=O)Nc1cnn(Cc2c(Cl)cccc2Cl)c1. The molecule has 26 heavy (non-hydrogen) atoms. The van der Waals surface area contributed by atoms with Gasteiger partial charge in [0.2, 0.25) is 5.91 Å². The Morgan fingerprint density at radius 2 is 1.96 bits per heavy atom. The highest BCUT2D eigenvalue weighted by atomic mass is 79.9. The van der Waals surface area contributed by atoms with Crippen LogP contribution in [0.4, 0.5) is 5.69 Å². The van der Waals surface area contributed by atoms with E-state index in [9.17, 15) is 4.79 Å². The Hall–Kier alpha value is -1.83. The van der Waals surface area contributed by atoms with Crippen LogP contribution < -0.4 is 5.32 Å². The maximum absolute atomic E-state index is 12.1. The second-order valence-corrected chi connectivity index (χ2v) is 7.39. The Balaban J connectivity index is 1.58. The summed E-state index contributed by atoms with van der Waals surface area (Å²) in [5.41, 5.74) is 2.40. The Bertz CT molecular complexity index is 917. The number of benzene rings is 1. The van der Waals surface area contributed by atoms with Gasteiger partial charge in [-0.2, -0.15) is 10.2 Å². The van der Waals surface area contributed by atoms with Crippen LogP contribution in [0.3, 0.4) is 0 Å². The highest BCUT2D eigenvalue weighted by Crippen LogP contribution is 2.25. The van der Waals surface area contributed by atoms with Gasteiger partial charge >= 0.3 is 0 Å². The number of nitrogens with one attached hydrogen (secondary N) is 1. The van der Waals surface area contributed by atoms with Gasteiger partial charge in [0, 0.05) is 33.9 Å². The van der Waals surface area contributed by atoms with Crippen LogP contribution in [0.5, 0.6) is 0 Å². The number of nitrogens with zero attached hydrogens (tertiary/aromatic N) is 4. The van der Waals surface area contributed by atoms with Gasteiger partial charge in [-0.3, -0.25) is 14.2 Å². The minimum Gasteiger partial charge on any atom is -0.323 e. The second-order valence-electron chi connectivity index (χ2n) is 5.73. The molecular formula is C17H16BrCl2N5O. The predicted molar refractivity (Wildman–Crippen MR) is 106 cm³/mol. The zero-order valence-corrected chi connectivity index (χ0v) is 17.0. The lowest BCUT2D eigenvalue weighted by Gasteiger charge is -2.07. The first-order valence-electron chi connectivity index (χ1n) is 7.87. The average molecular weight is 457 g/mol. The molecule has 0 aliphatic rings. The quantitative estimate of drug-likeness (QED) is 0.592. The van der Waals surface area contributed by atoms with Crippen LogP contribution in [0.25, 0.3) is 0 Å². The molecule has 0 saturated heterocycles. The Labute approximate surface area is 169 Å². The van der Waals surface area contributed by atoms with Gasteiger partial charge in [-0.05, 0) is 35.0 Å². The molecule has 0 radical (unpaired) electrons. The third-order valence-electron chi connectivity index (χ3n) is 3.89. The van der Waals surface area contributed by atoms with Gasteiger partial charge in [0.1, 0.15) is 0 Å². The minimum atomic E-state index is -0.105. The molecule has 1 N–H and O–H groups in total. The lowest BCUT2D eigenvalue weighted by molar-refractivity contribution is -0.116. The van der Waals surface area contributed by atoms with E-state index in [1.54, 1.807) is 46.2 Å². The van der Waals surface area contributed by atoms with E-state index >= 15 is 0 Å². The molecule has 0 unspecified atom stereocenters. The largest absolute Gasteiger partial charge is 0.323 e. The molecular weight excluding hydrogens is 441 g/mol. The molecule has 6 nitrogen and oxygen atoms in total. The molecule has 136 valence electrons. The Kier molecular flexibility index (Phi) is 6.01. The van der Waals surface area contributed by atoms with Crippen molar-refractivity contribution in [2.24, 2.45) is 0 Å². The highest BCUT2D eigenvalue weighted by molar-refractivity contribution is 9.10. The highest BCUT2D eigenvalue weighted by Gasteiger charge is 2.10. The molecule has 3 aromatic rings. The van der Waals surface area contributed by atoms with Crippen molar-refractivity contribution in [3.63, 3.8) is 0 Å². The van der Waals surface area contributed by atoms with E-state index in [0.29, 0.717) is 35.2 Å². The predicted octanol–water partition coefficient (Wildman–Crippen LogP) is 4.53. The van der Waals surface area contributed by atoms with Crippen molar-refractivity contribution in [2.75, 3.05) is 5.32 Å². The van der Waals surface area contributed by atoms with Crippen LogP contribution in [0.2, 0.25) is 10.0 Å². The molecule has 0 aliphatic heterocycles. The van der Waals surface area contributed by atoms with Gasteiger partial charge in [-0.1, -0.05) is 29.3 Å². The first-order chi connectivity index (χ1) is 12.4. The molecule has 0 fully saturated rings. The fourth-order valence-electron chi connectivity index (χ4n) is 2.44. The van der Waals surface area contributed by atoms with Gasteiger partial charge in [0.25, 0.3) is 0 Å². The summed E-state index contributed by atoms with van der Waals surface area (Å²) < 4.78 is 4.39. The van der Waals surface area contributed by atoms with Crippen molar-refractivity contribution in [2.45, 2.75) is 26.4 Å². The average Bonchev–Trinajstić information content (AvgIpc) is 3.17. The van der Waals surface area contributed by atoms with Crippen molar-refractivity contribution >= 4 is 50.7 Å². The van der Waals surface area contributed by atoms with E-state index in [1.165, 1.54) is 0 Å². The summed E-state index contributed by atoms with van der Waals surface area (Å²) in [6, 6.07) is 5.36. The van der Waals surface area contributed by atoms with Crippen LogP contribution in [0.15, 0.2) is 41.3 Å². The number of aromatic nitrogens is 4. The molecule has 0 bridgehead atoms. The third-order valence-corrected chi connectivity index (χ3v) is 5.38. The van der Waals surface area contributed by atoms with Gasteiger partial charge in [-0.15, -0.1) is 0 Å². The number of aryl methyl sites for hydroxylation is 1. The monoisotopic (exact) mass is 455 g/mol. The zero-order chi connectivity index (χ0) is 18.7. The van der Waals surface area contributed by atoms with E-state index < -0.39 is 0 Å². The minimum absolute atomic E-state index is 0.105. The molecule has 3 rings (SSSR count). The molecule has 0 atom stereocenters. The number of hydrogen-bond donors (Lipinski definition) is 1. The van der Waals surface area contributed by atoms with Gasteiger partial charge in [-0.25, -0.2) is 0 Å². The number of anilines is 1. The van der Waals surface area contributed by atoms with Crippen molar-refractivity contribution in [3.8, 4) is 0 Å². The van der Waals surface area contributed by atoms with Crippen LogP contribution in [0.1, 0.15) is 17.7 Å². The molecule has 2 heterocycles. The topological polar surface area (TPSA) is 64.7 Å². The van der Waals surface area contributed by atoms with Gasteiger partial charge in [0.05, 0.1) is 35.6 Å². The van der Waals surface area contributed by atoms with Crippen LogP contribution in [-0.2, 0) is 17.9 Å². The summed E-state index contributed by atoms with van der Waals surface area (Å²) in [4.78, 5) is 12.1. The summed E-state index contributed by atoms with van der Waals surface area (Å²) in [6.45, 7) is 2.88. The maximum atomic E-state index is 12.1. The van der Waals surface area contributed by atoms with Crippen molar-refractivity contribution in [1.29, 1.82) is 0 Å². The number of carbonyl (C=O) groups excluding carboxylic acids is 1. The molecule has 2 aromatic heterocycles. The first-order valence-corrected chi connectivity index (χ1v) is 9.42. The molecule has 1 amide bonds. The van der Waals surface area contributed by atoms with Crippen LogP contribution >= 0.6 is 39.1 Å². The lowest BCUT2D eigenvalue weighted by atomic mass is 10.2. The summed E-state index contributed by atoms with van der Waals surface area (Å²) in [5.74, 6) is -0.105. The van der Waals surface area contributed by atoms with Crippen LogP contribution in [-0.4, -0.2) is 25.5 Å². The molecule has 9 heteroatoms. The second kappa shape index (κ2) is 8.24. The maximum Gasteiger partial charge on any atom is 0.226 e. The van der Waals surface area contributed by atoms with Crippen molar-refractivity contribution < 1.29 is 4.79 Å². The summed E-state index contributed by atoms with van der Waals surface area (Å²) in [5, 5.41) is 12.5. The molecule has 0 spiro atoms. The number of halogens is 3. The van der Waals surface area contributed by atoms with Crippen molar-refractivity contribution in [1.82, 2.24) is 19.6 Å². The fraction of sp³-hybridized carbons (Fsp3) is 0.235. The van der Waals surface area contributed by atoms with E-state index in [0.717, 1.165) is 15.7 Å². The van der Waals surface area contributed by atoms with Gasteiger partial charge < -0.3 is 5.32 Å². The molecule has 0 saturated carbocycles. The zero-order valence-electron chi connectivity index (χ0n) is 13.9. The van der Waals surface area contributed by atoms with Gasteiger partial charge in [0.15, 0.2) is 0 Å². The van der Waals surface area contributed by atoms with E-state index in [4.69, 9.17) is 23.2 Å². The fourth-order valence-corrected chi connectivity index (χ4v) is 3.25.